The highest BCUT2D eigenvalue weighted by molar-refractivity contribution is 5.97. The first-order valence-electron chi connectivity index (χ1n) is 7.97. The molecular formula is C17H24ClN3O2. The summed E-state index contributed by atoms with van der Waals surface area (Å²) in [5.41, 5.74) is 2.73. The first-order valence-corrected chi connectivity index (χ1v) is 7.97. The molecule has 0 unspecified atom stereocenters. The summed E-state index contributed by atoms with van der Waals surface area (Å²) < 4.78 is 0. The molecule has 2 aliphatic rings. The van der Waals surface area contributed by atoms with Crippen LogP contribution in [0.3, 0.4) is 0 Å². The normalized spacial score (nSPS) is 19.1. The van der Waals surface area contributed by atoms with E-state index in [-0.39, 0.29) is 29.6 Å². The molecule has 0 spiro atoms. The van der Waals surface area contributed by atoms with E-state index < -0.39 is 0 Å². The quantitative estimate of drug-likeness (QED) is 0.791. The molecule has 6 heteroatoms. The first kappa shape index (κ1) is 17.8. The number of aryl methyl sites for hydroxylation is 1. The summed E-state index contributed by atoms with van der Waals surface area (Å²) >= 11 is 0. The highest BCUT2D eigenvalue weighted by Gasteiger charge is 2.27. The second kappa shape index (κ2) is 7.32. The van der Waals surface area contributed by atoms with Crippen LogP contribution in [-0.4, -0.2) is 31.4 Å². The van der Waals surface area contributed by atoms with Crippen LogP contribution in [0.4, 0.5) is 5.69 Å². The fourth-order valence-electron chi connectivity index (χ4n) is 3.13. The number of piperidine rings is 1. The van der Waals surface area contributed by atoms with E-state index in [2.05, 4.69) is 22.9 Å². The van der Waals surface area contributed by atoms with Gasteiger partial charge in [0.15, 0.2) is 0 Å². The summed E-state index contributed by atoms with van der Waals surface area (Å²) in [4.78, 5) is 23.7. The molecule has 3 N–H and O–H groups in total. The standard InChI is InChI=1S/C17H23N3O2.ClH/c1-17(6-8-18-9-7-17)11-19-16(22)13-2-4-14-12(10-13)3-5-15(21)20-14;/h2,4,10,18H,3,5-9,11H2,1H3,(H,19,22)(H,20,21);1H. The molecule has 0 bridgehead atoms. The molecule has 23 heavy (non-hydrogen) atoms. The number of hydrogen-bond donors (Lipinski definition) is 3. The molecule has 1 fully saturated rings. The van der Waals surface area contributed by atoms with Crippen LogP contribution < -0.4 is 16.0 Å². The van der Waals surface area contributed by atoms with Crippen molar-refractivity contribution in [3.63, 3.8) is 0 Å². The van der Waals surface area contributed by atoms with Crippen LogP contribution >= 0.6 is 12.4 Å². The minimum absolute atomic E-state index is 0. The lowest BCUT2D eigenvalue weighted by Crippen LogP contribution is -2.42. The minimum Gasteiger partial charge on any atom is -0.351 e. The van der Waals surface area contributed by atoms with E-state index in [9.17, 15) is 9.59 Å². The smallest absolute Gasteiger partial charge is 0.251 e. The van der Waals surface area contributed by atoms with E-state index in [1.54, 1.807) is 6.07 Å². The highest BCUT2D eigenvalue weighted by atomic mass is 35.5. The second-order valence-corrected chi connectivity index (χ2v) is 6.66. The molecule has 0 saturated carbocycles. The lowest BCUT2D eigenvalue weighted by atomic mass is 9.81. The molecule has 0 aromatic heterocycles. The minimum atomic E-state index is -0.0283. The van der Waals surface area contributed by atoms with Gasteiger partial charge in [0.1, 0.15) is 0 Å². The van der Waals surface area contributed by atoms with Gasteiger partial charge in [-0.15, -0.1) is 12.4 Å². The number of nitrogens with one attached hydrogen (secondary N) is 3. The van der Waals surface area contributed by atoms with Gasteiger partial charge in [-0.2, -0.15) is 0 Å². The van der Waals surface area contributed by atoms with Gasteiger partial charge >= 0.3 is 0 Å². The second-order valence-electron chi connectivity index (χ2n) is 6.66. The van der Waals surface area contributed by atoms with Gasteiger partial charge in [0, 0.05) is 24.2 Å². The van der Waals surface area contributed by atoms with Crippen molar-refractivity contribution in [1.82, 2.24) is 10.6 Å². The van der Waals surface area contributed by atoms with E-state index in [0.717, 1.165) is 37.2 Å². The zero-order chi connectivity index (χ0) is 15.6. The molecule has 2 aliphatic heterocycles. The summed E-state index contributed by atoms with van der Waals surface area (Å²) in [6.45, 7) is 4.98. The summed E-state index contributed by atoms with van der Waals surface area (Å²) in [6.07, 6.45) is 3.36. The fraction of sp³-hybridized carbons (Fsp3) is 0.529. The molecule has 3 rings (SSSR count). The monoisotopic (exact) mass is 337 g/mol. The highest BCUT2D eigenvalue weighted by Crippen LogP contribution is 2.27. The van der Waals surface area contributed by atoms with Gasteiger partial charge in [0.25, 0.3) is 5.91 Å². The van der Waals surface area contributed by atoms with E-state index in [1.807, 2.05) is 12.1 Å². The predicted molar refractivity (Wildman–Crippen MR) is 93.2 cm³/mol. The maximum Gasteiger partial charge on any atom is 0.251 e. The number of carbonyl (C=O) groups excluding carboxylic acids is 2. The maximum atomic E-state index is 12.4. The zero-order valence-electron chi connectivity index (χ0n) is 13.4. The Labute approximate surface area is 143 Å². The Morgan fingerprint density at radius 2 is 2.00 bits per heavy atom. The van der Waals surface area contributed by atoms with Gasteiger partial charge in [-0.05, 0) is 61.5 Å². The van der Waals surface area contributed by atoms with Crippen molar-refractivity contribution in [1.29, 1.82) is 0 Å². The van der Waals surface area contributed by atoms with Crippen molar-refractivity contribution in [3.05, 3.63) is 29.3 Å². The Morgan fingerprint density at radius 1 is 1.26 bits per heavy atom. The van der Waals surface area contributed by atoms with Gasteiger partial charge in [-0.3, -0.25) is 9.59 Å². The van der Waals surface area contributed by atoms with Gasteiger partial charge < -0.3 is 16.0 Å². The first-order chi connectivity index (χ1) is 10.6. The van der Waals surface area contributed by atoms with Crippen LogP contribution in [-0.2, 0) is 11.2 Å². The third-order valence-corrected chi connectivity index (χ3v) is 4.75. The molecule has 126 valence electrons. The van der Waals surface area contributed by atoms with Crippen LogP contribution in [0.15, 0.2) is 18.2 Å². The summed E-state index contributed by atoms with van der Waals surface area (Å²) in [7, 11) is 0. The average molecular weight is 338 g/mol. The van der Waals surface area contributed by atoms with Crippen molar-refractivity contribution < 1.29 is 9.59 Å². The number of amides is 2. The molecule has 0 aliphatic carbocycles. The van der Waals surface area contributed by atoms with Gasteiger partial charge in [0.2, 0.25) is 5.91 Å². The Morgan fingerprint density at radius 3 is 2.74 bits per heavy atom. The van der Waals surface area contributed by atoms with Crippen LogP contribution in [0.25, 0.3) is 0 Å². The number of rotatable bonds is 3. The lowest BCUT2D eigenvalue weighted by Gasteiger charge is -2.34. The van der Waals surface area contributed by atoms with Gasteiger partial charge in [-0.25, -0.2) is 0 Å². The Balaban J connectivity index is 0.00000192. The van der Waals surface area contributed by atoms with E-state index in [1.165, 1.54) is 0 Å². The molecule has 5 nitrogen and oxygen atoms in total. The number of fused-ring (bicyclic) bond motifs is 1. The fourth-order valence-corrected chi connectivity index (χ4v) is 3.13. The summed E-state index contributed by atoms with van der Waals surface area (Å²) in [6, 6.07) is 5.51. The number of carbonyl (C=O) groups is 2. The van der Waals surface area contributed by atoms with Crippen molar-refractivity contribution in [2.24, 2.45) is 5.41 Å². The van der Waals surface area contributed by atoms with Crippen molar-refractivity contribution in [2.45, 2.75) is 32.6 Å². The van der Waals surface area contributed by atoms with Crippen LogP contribution in [0.5, 0.6) is 0 Å². The number of hydrogen-bond acceptors (Lipinski definition) is 3. The van der Waals surface area contributed by atoms with Crippen molar-refractivity contribution in [2.75, 3.05) is 25.0 Å². The maximum absolute atomic E-state index is 12.4. The largest absolute Gasteiger partial charge is 0.351 e. The molecule has 1 aromatic carbocycles. The number of anilines is 1. The van der Waals surface area contributed by atoms with Gasteiger partial charge in [0.05, 0.1) is 0 Å². The zero-order valence-corrected chi connectivity index (χ0v) is 14.2. The summed E-state index contributed by atoms with van der Waals surface area (Å²) in [5, 5.41) is 9.26. The predicted octanol–water partition coefficient (Wildman–Crippen LogP) is 2.11. The number of halogens is 1. The van der Waals surface area contributed by atoms with Crippen LogP contribution in [0.2, 0.25) is 0 Å². The Bertz CT molecular complexity index is 598. The third kappa shape index (κ3) is 4.24. The van der Waals surface area contributed by atoms with Crippen molar-refractivity contribution >= 4 is 29.9 Å². The van der Waals surface area contributed by atoms with Crippen LogP contribution in [0.1, 0.15) is 42.1 Å². The van der Waals surface area contributed by atoms with E-state index in [4.69, 9.17) is 0 Å². The van der Waals surface area contributed by atoms with Crippen LogP contribution in [0, 0.1) is 5.41 Å². The van der Waals surface area contributed by atoms with Crippen molar-refractivity contribution in [3.8, 4) is 0 Å². The average Bonchev–Trinajstić information content (AvgIpc) is 2.53. The van der Waals surface area contributed by atoms with Gasteiger partial charge in [-0.1, -0.05) is 6.92 Å². The SMILES string of the molecule is CC1(CNC(=O)c2ccc3c(c2)CCC(=O)N3)CCNCC1.Cl. The Hall–Kier alpha value is -1.59. The lowest BCUT2D eigenvalue weighted by molar-refractivity contribution is -0.116. The topological polar surface area (TPSA) is 70.2 Å². The molecule has 2 heterocycles. The summed E-state index contributed by atoms with van der Waals surface area (Å²) in [5.74, 6) is 0.0167. The van der Waals surface area contributed by atoms with E-state index >= 15 is 0 Å². The molecular weight excluding hydrogens is 314 g/mol. The third-order valence-electron chi connectivity index (χ3n) is 4.75. The number of benzene rings is 1. The molecule has 1 saturated heterocycles. The Kier molecular flexibility index (Phi) is 5.65. The molecule has 0 radical (unpaired) electrons. The molecule has 2 amide bonds. The molecule has 0 atom stereocenters. The molecule has 1 aromatic rings. The van der Waals surface area contributed by atoms with E-state index in [0.29, 0.717) is 24.9 Å².